The first-order valence-electron chi connectivity index (χ1n) is 3.11. The van der Waals surface area contributed by atoms with E-state index in [0.29, 0.717) is 12.3 Å². The lowest BCUT2D eigenvalue weighted by atomic mass is 10.3. The highest BCUT2D eigenvalue weighted by Crippen LogP contribution is 1.88. The Labute approximate surface area is 60.1 Å². The minimum atomic E-state index is -0.633. The van der Waals surface area contributed by atoms with Crippen LogP contribution in [0.5, 0.6) is 0 Å². The number of carbonyl (C=O) groups is 1. The lowest BCUT2D eigenvalue weighted by Crippen LogP contribution is -2.13. The van der Waals surface area contributed by atoms with Gasteiger partial charge in [-0.05, 0) is 6.42 Å². The number of hydrogen-bond donors (Lipinski definition) is 1. The van der Waals surface area contributed by atoms with E-state index < -0.39 is 6.09 Å². The summed E-state index contributed by atoms with van der Waals surface area (Å²) in [6.07, 6.45) is 0.882. The largest absolute Gasteiger partial charge is 0.451 e. The van der Waals surface area contributed by atoms with Crippen LogP contribution in [0, 0.1) is 0 Å². The molecule has 0 aromatic carbocycles. The molecule has 0 atom stereocenters. The van der Waals surface area contributed by atoms with Crippen LogP contribution in [-0.2, 0) is 4.74 Å². The number of amides is 1. The van der Waals surface area contributed by atoms with E-state index in [0.717, 1.165) is 6.42 Å². The van der Waals surface area contributed by atoms with Crippen molar-refractivity contribution in [1.29, 1.82) is 0 Å². The molecule has 4 heteroatoms. The summed E-state index contributed by atoms with van der Waals surface area (Å²) in [6.45, 7) is 1.96. The maximum Gasteiger partial charge on any atom is 0.434 e. The molecule has 0 saturated heterocycles. The minimum absolute atomic E-state index is 0.328. The molecule has 0 aliphatic carbocycles. The molecule has 0 aliphatic rings. The highest BCUT2D eigenvalue weighted by atomic mass is 16.5. The average molecular weight is 144 g/mol. The van der Waals surface area contributed by atoms with E-state index in [-0.39, 0.29) is 0 Å². The number of aliphatic imine (C=N–C) groups is 1. The quantitative estimate of drug-likeness (QED) is 0.462. The van der Waals surface area contributed by atoms with Gasteiger partial charge in [-0.2, -0.15) is 4.99 Å². The number of ether oxygens (including phenoxy) is 1. The van der Waals surface area contributed by atoms with Crippen LogP contribution in [0.15, 0.2) is 4.99 Å². The van der Waals surface area contributed by atoms with Gasteiger partial charge in [-0.15, -0.1) is 0 Å². The smallest absolute Gasteiger partial charge is 0.434 e. The summed E-state index contributed by atoms with van der Waals surface area (Å²) in [6, 6.07) is 0. The molecule has 0 unspecified atom stereocenters. The normalized spacial score (nSPS) is 11.2. The Balaban J connectivity index is 3.77. The lowest BCUT2D eigenvalue weighted by Gasteiger charge is -1.94. The second kappa shape index (κ2) is 4.78. The van der Waals surface area contributed by atoms with Gasteiger partial charge in [0, 0.05) is 6.42 Å². The Morgan fingerprint density at radius 2 is 2.30 bits per heavy atom. The van der Waals surface area contributed by atoms with Crippen molar-refractivity contribution >= 4 is 11.9 Å². The summed E-state index contributed by atoms with van der Waals surface area (Å²) in [5.41, 5.74) is 5.31. The first-order chi connectivity index (χ1) is 4.70. The van der Waals surface area contributed by atoms with Crippen molar-refractivity contribution in [2.75, 3.05) is 7.11 Å². The van der Waals surface area contributed by atoms with Crippen LogP contribution >= 0.6 is 0 Å². The highest BCUT2D eigenvalue weighted by molar-refractivity contribution is 5.90. The molecule has 0 rings (SSSR count). The van der Waals surface area contributed by atoms with Crippen molar-refractivity contribution in [3.05, 3.63) is 0 Å². The molecule has 0 aromatic rings. The first-order valence-corrected chi connectivity index (χ1v) is 3.11. The van der Waals surface area contributed by atoms with E-state index in [1.165, 1.54) is 7.11 Å². The van der Waals surface area contributed by atoms with Gasteiger partial charge in [-0.1, -0.05) is 6.92 Å². The van der Waals surface area contributed by atoms with E-state index in [1.807, 2.05) is 6.92 Å². The zero-order valence-corrected chi connectivity index (χ0v) is 6.26. The fourth-order valence-corrected chi connectivity index (χ4v) is 0.475. The van der Waals surface area contributed by atoms with Gasteiger partial charge in [0.25, 0.3) is 0 Å². The van der Waals surface area contributed by atoms with Gasteiger partial charge in [0.2, 0.25) is 0 Å². The Bertz CT molecular complexity index is 143. The van der Waals surface area contributed by atoms with Gasteiger partial charge < -0.3 is 10.5 Å². The van der Waals surface area contributed by atoms with Gasteiger partial charge in [-0.3, -0.25) is 0 Å². The van der Waals surface area contributed by atoms with Gasteiger partial charge in [0.1, 0.15) is 5.84 Å². The second-order valence-corrected chi connectivity index (χ2v) is 1.82. The third-order valence-electron chi connectivity index (χ3n) is 0.916. The Hall–Kier alpha value is -1.06. The molecule has 1 amide bonds. The monoisotopic (exact) mass is 144 g/mol. The van der Waals surface area contributed by atoms with Crippen molar-refractivity contribution in [1.82, 2.24) is 0 Å². The van der Waals surface area contributed by atoms with Gasteiger partial charge >= 0.3 is 6.09 Å². The fraction of sp³-hybridized carbons (Fsp3) is 0.667. The summed E-state index contributed by atoms with van der Waals surface area (Å²) in [5, 5.41) is 0. The predicted molar refractivity (Wildman–Crippen MR) is 38.9 cm³/mol. The summed E-state index contributed by atoms with van der Waals surface area (Å²) in [7, 11) is 1.27. The van der Waals surface area contributed by atoms with Crippen LogP contribution in [0.2, 0.25) is 0 Å². The molecule has 0 bridgehead atoms. The van der Waals surface area contributed by atoms with E-state index in [1.54, 1.807) is 0 Å². The molecule has 58 valence electrons. The Kier molecular flexibility index (Phi) is 4.28. The topological polar surface area (TPSA) is 64.7 Å². The van der Waals surface area contributed by atoms with Crippen molar-refractivity contribution in [2.24, 2.45) is 10.7 Å². The van der Waals surface area contributed by atoms with E-state index in [2.05, 4.69) is 9.73 Å². The zero-order valence-electron chi connectivity index (χ0n) is 6.26. The second-order valence-electron chi connectivity index (χ2n) is 1.82. The lowest BCUT2D eigenvalue weighted by molar-refractivity contribution is 0.182. The maximum absolute atomic E-state index is 10.4. The zero-order chi connectivity index (χ0) is 7.98. The first kappa shape index (κ1) is 8.94. The summed E-state index contributed by atoms with van der Waals surface area (Å²) < 4.78 is 4.26. The van der Waals surface area contributed by atoms with Crippen LogP contribution < -0.4 is 5.73 Å². The molecular formula is C6H12N2O2. The molecule has 0 saturated carbocycles. The Morgan fingerprint density at radius 1 is 1.70 bits per heavy atom. The number of amidine groups is 1. The molecule has 0 aromatic heterocycles. The van der Waals surface area contributed by atoms with Gasteiger partial charge in [0.15, 0.2) is 0 Å². The van der Waals surface area contributed by atoms with Crippen LogP contribution in [0.25, 0.3) is 0 Å². The van der Waals surface area contributed by atoms with Crippen LogP contribution in [0.3, 0.4) is 0 Å². The molecule has 10 heavy (non-hydrogen) atoms. The van der Waals surface area contributed by atoms with E-state index in [4.69, 9.17) is 5.73 Å². The fourth-order valence-electron chi connectivity index (χ4n) is 0.475. The number of rotatable bonds is 2. The van der Waals surface area contributed by atoms with Crippen LogP contribution in [-0.4, -0.2) is 19.0 Å². The number of hydrogen-bond acceptors (Lipinski definition) is 2. The number of nitrogens with two attached hydrogens (primary N) is 1. The summed E-state index contributed by atoms with van der Waals surface area (Å²) in [5.74, 6) is 0.328. The van der Waals surface area contributed by atoms with Gasteiger partial charge in [0.05, 0.1) is 7.11 Å². The molecule has 4 nitrogen and oxygen atoms in total. The maximum atomic E-state index is 10.4. The highest BCUT2D eigenvalue weighted by Gasteiger charge is 1.96. The standard InChI is InChI=1S/C6H12N2O2/c1-3-4-5(7)8-6(9)10-2/h3-4H2,1-2H3,(H2,7,8,9). The minimum Gasteiger partial charge on any atom is -0.451 e. The summed E-state index contributed by atoms with van der Waals surface area (Å²) >= 11 is 0. The summed E-state index contributed by atoms with van der Waals surface area (Å²) in [4.78, 5) is 13.8. The average Bonchev–Trinajstić information content (AvgIpc) is 1.88. The number of carbonyl (C=O) groups excluding carboxylic acids is 1. The molecule has 0 heterocycles. The SMILES string of the molecule is CCC/C(N)=N\C(=O)OC. The van der Waals surface area contributed by atoms with E-state index in [9.17, 15) is 4.79 Å². The predicted octanol–water partition coefficient (Wildman–Crippen LogP) is 0.910. The van der Waals surface area contributed by atoms with E-state index >= 15 is 0 Å². The van der Waals surface area contributed by atoms with Gasteiger partial charge in [-0.25, -0.2) is 4.79 Å². The van der Waals surface area contributed by atoms with Crippen molar-refractivity contribution in [3.63, 3.8) is 0 Å². The van der Waals surface area contributed by atoms with Crippen LogP contribution in [0.4, 0.5) is 4.79 Å². The molecule has 2 N–H and O–H groups in total. The van der Waals surface area contributed by atoms with Crippen molar-refractivity contribution in [2.45, 2.75) is 19.8 Å². The third-order valence-corrected chi connectivity index (χ3v) is 0.916. The molecule has 0 spiro atoms. The Morgan fingerprint density at radius 3 is 2.70 bits per heavy atom. The number of methoxy groups -OCH3 is 1. The molecule has 0 aliphatic heterocycles. The van der Waals surface area contributed by atoms with Crippen molar-refractivity contribution < 1.29 is 9.53 Å². The van der Waals surface area contributed by atoms with Crippen molar-refractivity contribution in [3.8, 4) is 0 Å². The van der Waals surface area contributed by atoms with Crippen LogP contribution in [0.1, 0.15) is 19.8 Å². The number of nitrogens with zero attached hydrogens (tertiary/aromatic N) is 1. The molecule has 0 radical (unpaired) electrons. The molecule has 0 fully saturated rings. The third kappa shape index (κ3) is 3.88. The molecular weight excluding hydrogens is 132 g/mol.